The van der Waals surface area contributed by atoms with Crippen LogP contribution in [0.15, 0.2) is 30.3 Å². The summed E-state index contributed by atoms with van der Waals surface area (Å²) < 4.78 is 101. The van der Waals surface area contributed by atoms with Crippen molar-refractivity contribution in [2.75, 3.05) is 11.4 Å². The van der Waals surface area contributed by atoms with Crippen LogP contribution in [0.5, 0.6) is 0 Å². The number of fused-ring (bicyclic) bond motifs is 1. The van der Waals surface area contributed by atoms with Gasteiger partial charge in [-0.3, -0.25) is 9.69 Å². The molecule has 38 heavy (non-hydrogen) atoms. The number of hydrogen-bond acceptors (Lipinski definition) is 3. The molecule has 1 aliphatic rings. The Bertz CT molecular complexity index is 1180. The van der Waals surface area contributed by atoms with E-state index in [2.05, 4.69) is 0 Å². The van der Waals surface area contributed by atoms with Gasteiger partial charge in [0.05, 0.1) is 29.0 Å². The van der Waals surface area contributed by atoms with Crippen LogP contribution < -0.4 is 4.90 Å². The van der Waals surface area contributed by atoms with Crippen molar-refractivity contribution < 1.29 is 45.1 Å². The zero-order chi connectivity index (χ0) is 28.6. The molecule has 0 aromatic heterocycles. The highest BCUT2D eigenvalue weighted by Gasteiger charge is 2.38. The van der Waals surface area contributed by atoms with E-state index in [-0.39, 0.29) is 42.3 Å². The number of rotatable bonds is 4. The summed E-state index contributed by atoms with van der Waals surface area (Å²) in [7, 11) is 0. The van der Waals surface area contributed by atoms with Gasteiger partial charge in [0, 0.05) is 25.6 Å². The molecule has 0 fully saturated rings. The second-order valence-corrected chi connectivity index (χ2v) is 9.43. The number of carbonyl (C=O) groups is 2. The molecule has 2 aromatic carbocycles. The van der Waals surface area contributed by atoms with Gasteiger partial charge in [-0.25, -0.2) is 9.18 Å². The van der Waals surface area contributed by atoms with E-state index in [9.17, 15) is 35.9 Å². The largest absolute Gasteiger partial charge is 0.446 e. The Balaban J connectivity index is 2.13. The number of carbonyl (C=O) groups excluding carboxylic acids is 2. The summed E-state index contributed by atoms with van der Waals surface area (Å²) in [5.74, 6) is -1.42. The lowest BCUT2D eigenvalue weighted by molar-refractivity contribution is -0.143. The molecule has 0 radical (unpaired) electrons. The molecule has 12 heteroatoms. The number of nitrogens with zero attached hydrogens (tertiary/aromatic N) is 2. The number of amides is 2. The van der Waals surface area contributed by atoms with Crippen LogP contribution in [0.3, 0.4) is 0 Å². The van der Waals surface area contributed by atoms with E-state index in [0.29, 0.717) is 12.1 Å². The molecule has 0 bridgehead atoms. The van der Waals surface area contributed by atoms with Gasteiger partial charge in [0.15, 0.2) is 0 Å². The Labute approximate surface area is 215 Å². The van der Waals surface area contributed by atoms with Gasteiger partial charge in [-0.05, 0) is 69.0 Å². The predicted molar refractivity (Wildman–Crippen MR) is 125 cm³/mol. The highest BCUT2D eigenvalue weighted by atomic mass is 19.4. The number of aryl methyl sites for hydroxylation is 1. The van der Waals surface area contributed by atoms with E-state index >= 15 is 4.39 Å². The van der Waals surface area contributed by atoms with E-state index in [1.165, 1.54) is 24.0 Å². The first-order valence-electron chi connectivity index (χ1n) is 11.8. The van der Waals surface area contributed by atoms with Gasteiger partial charge in [0.1, 0.15) is 5.82 Å². The van der Waals surface area contributed by atoms with E-state index < -0.39 is 65.6 Å². The summed E-state index contributed by atoms with van der Waals surface area (Å²) in [6.45, 7) is 5.30. The first-order chi connectivity index (χ1) is 17.5. The van der Waals surface area contributed by atoms with Gasteiger partial charge in [-0.1, -0.05) is 6.07 Å². The average Bonchev–Trinajstić information content (AvgIpc) is 2.98. The quantitative estimate of drug-likeness (QED) is 0.374. The molecule has 0 N–H and O–H groups in total. The Morgan fingerprint density at radius 3 is 2.13 bits per heavy atom. The number of ether oxygens (including phenoxy) is 1. The second-order valence-electron chi connectivity index (χ2n) is 9.43. The van der Waals surface area contributed by atoms with Crippen molar-refractivity contribution in [1.82, 2.24) is 4.90 Å². The molecule has 0 saturated heterocycles. The van der Waals surface area contributed by atoms with Crippen LogP contribution in [-0.4, -0.2) is 29.5 Å². The first-order valence-corrected chi connectivity index (χ1v) is 11.8. The maximum absolute atomic E-state index is 15.6. The molecule has 5 nitrogen and oxygen atoms in total. The molecule has 1 heterocycles. The third-order valence-electron chi connectivity index (χ3n) is 6.17. The van der Waals surface area contributed by atoms with Gasteiger partial charge in [0.2, 0.25) is 5.91 Å². The number of hydrogen-bond donors (Lipinski definition) is 0. The van der Waals surface area contributed by atoms with Gasteiger partial charge in [-0.15, -0.1) is 0 Å². The van der Waals surface area contributed by atoms with E-state index in [1.807, 2.05) is 0 Å². The third-order valence-corrected chi connectivity index (χ3v) is 6.17. The molecule has 3 rings (SSSR count). The third kappa shape index (κ3) is 6.39. The smallest absolute Gasteiger partial charge is 0.416 e. The predicted octanol–water partition coefficient (Wildman–Crippen LogP) is 7.41. The molecule has 1 aliphatic heterocycles. The van der Waals surface area contributed by atoms with Crippen molar-refractivity contribution in [2.24, 2.45) is 0 Å². The summed E-state index contributed by atoms with van der Waals surface area (Å²) in [6.07, 6.45) is -11.0. The monoisotopic (exact) mass is 548 g/mol. The van der Waals surface area contributed by atoms with Gasteiger partial charge in [0.25, 0.3) is 0 Å². The molecule has 0 spiro atoms. The minimum absolute atomic E-state index is 0.00377. The van der Waals surface area contributed by atoms with Crippen LogP contribution in [0, 0.1) is 12.7 Å². The fourth-order valence-electron chi connectivity index (χ4n) is 4.47. The summed E-state index contributed by atoms with van der Waals surface area (Å²) in [4.78, 5) is 27.8. The molecule has 0 saturated carbocycles. The fraction of sp³-hybridized carbons (Fsp3) is 0.462. The van der Waals surface area contributed by atoms with Crippen LogP contribution in [0.4, 0.5) is 41.2 Å². The Morgan fingerprint density at radius 2 is 1.63 bits per heavy atom. The van der Waals surface area contributed by atoms with Gasteiger partial charge < -0.3 is 9.64 Å². The molecular weight excluding hydrogens is 521 g/mol. The molecule has 0 aliphatic carbocycles. The maximum atomic E-state index is 15.6. The second kappa shape index (κ2) is 10.8. The topological polar surface area (TPSA) is 49.9 Å². The van der Waals surface area contributed by atoms with Crippen LogP contribution in [0.25, 0.3) is 0 Å². The minimum atomic E-state index is -5.06. The number of anilines is 1. The number of benzene rings is 2. The van der Waals surface area contributed by atoms with Crippen molar-refractivity contribution in [1.29, 1.82) is 0 Å². The zero-order valence-corrected chi connectivity index (χ0v) is 21.1. The molecule has 2 amide bonds. The lowest BCUT2D eigenvalue weighted by Gasteiger charge is -2.33. The molecular formula is C26H27F7N2O3. The summed E-state index contributed by atoms with van der Waals surface area (Å²) in [5.41, 5.74) is -3.20. The Morgan fingerprint density at radius 1 is 1.05 bits per heavy atom. The standard InChI is InChI=1S/C26H27F7N2O3/c1-14(2)38-24(37)34-9-5-6-20(22-21(34)8-7-15(3)23(22)27)35(16(4)36)13-17-10-18(25(28,29)30)12-19(11-17)26(31,32)33/h7-8,10-12,14,20H,5-6,9,13H2,1-4H3. The van der Waals surface area contributed by atoms with Crippen LogP contribution in [0.2, 0.25) is 0 Å². The normalized spacial score (nSPS) is 16.2. The van der Waals surface area contributed by atoms with Gasteiger partial charge >= 0.3 is 18.4 Å². The Hall–Kier alpha value is -3.31. The summed E-state index contributed by atoms with van der Waals surface area (Å²) >= 11 is 0. The average molecular weight is 548 g/mol. The molecule has 1 atom stereocenters. The van der Waals surface area contributed by atoms with E-state index in [1.54, 1.807) is 13.8 Å². The molecule has 1 unspecified atom stereocenters. The highest BCUT2D eigenvalue weighted by Crippen LogP contribution is 2.42. The highest BCUT2D eigenvalue weighted by molar-refractivity contribution is 5.89. The fourth-order valence-corrected chi connectivity index (χ4v) is 4.47. The Kier molecular flexibility index (Phi) is 8.33. The lowest BCUT2D eigenvalue weighted by atomic mass is 9.96. The van der Waals surface area contributed by atoms with E-state index in [0.717, 1.165) is 11.8 Å². The molecule has 2 aromatic rings. The van der Waals surface area contributed by atoms with Crippen molar-refractivity contribution >= 4 is 17.7 Å². The zero-order valence-electron chi connectivity index (χ0n) is 21.1. The van der Waals surface area contributed by atoms with Crippen molar-refractivity contribution in [3.05, 3.63) is 64.0 Å². The first kappa shape index (κ1) is 29.2. The number of alkyl halides is 6. The summed E-state index contributed by atoms with van der Waals surface area (Å²) in [5, 5.41) is 0. The SMILES string of the molecule is CC(=O)N(Cc1cc(C(F)(F)F)cc(C(F)(F)F)c1)C1CCCN(C(=O)OC(C)C)c2ccc(C)c(F)c21. The van der Waals surface area contributed by atoms with Gasteiger partial charge in [-0.2, -0.15) is 26.3 Å². The van der Waals surface area contributed by atoms with Crippen molar-refractivity contribution in [2.45, 2.75) is 71.6 Å². The maximum Gasteiger partial charge on any atom is 0.416 e. The summed E-state index contributed by atoms with van der Waals surface area (Å²) in [6, 6.07) is 2.95. The van der Waals surface area contributed by atoms with Crippen molar-refractivity contribution in [3.8, 4) is 0 Å². The number of halogens is 7. The van der Waals surface area contributed by atoms with Crippen LogP contribution >= 0.6 is 0 Å². The van der Waals surface area contributed by atoms with Crippen molar-refractivity contribution in [3.63, 3.8) is 0 Å². The van der Waals surface area contributed by atoms with E-state index in [4.69, 9.17) is 4.74 Å². The minimum Gasteiger partial charge on any atom is -0.446 e. The van der Waals surface area contributed by atoms with Crippen LogP contribution in [-0.2, 0) is 28.4 Å². The lowest BCUT2D eigenvalue weighted by Crippen LogP contribution is -2.35. The van der Waals surface area contributed by atoms with Crippen LogP contribution in [0.1, 0.15) is 67.5 Å². The molecule has 208 valence electrons.